The largest absolute Gasteiger partial charge is 0.462 e. The van der Waals surface area contributed by atoms with Crippen molar-refractivity contribution in [3.8, 4) is 0 Å². The summed E-state index contributed by atoms with van der Waals surface area (Å²) in [6.45, 7) is 11.4. The predicted octanol–water partition coefficient (Wildman–Crippen LogP) is 19.7. The van der Waals surface area contributed by atoms with Gasteiger partial charge in [0.15, 0.2) is 6.10 Å². The minimum Gasteiger partial charge on any atom is -0.462 e. The lowest BCUT2D eigenvalue weighted by atomic mass is 10.0. The third kappa shape index (κ3) is 53.4. The predicted molar refractivity (Wildman–Crippen MR) is 284 cm³/mol. The zero-order valence-electron chi connectivity index (χ0n) is 45.3. The Morgan fingerprint density at radius 1 is 0.288 bits per heavy atom. The van der Waals surface area contributed by atoms with Crippen molar-refractivity contribution in [3.63, 3.8) is 0 Å². The molecule has 0 aromatic heterocycles. The van der Waals surface area contributed by atoms with Crippen LogP contribution in [0.2, 0.25) is 0 Å². The summed E-state index contributed by atoms with van der Waals surface area (Å²) in [5.41, 5.74) is 0. The molecule has 0 aromatic rings. The molecule has 0 spiro atoms. The molecule has 0 fully saturated rings. The normalized spacial score (nSPS) is 12.0. The Morgan fingerprint density at radius 3 is 0.742 bits per heavy atom. The first-order valence-corrected chi connectivity index (χ1v) is 29.7. The smallest absolute Gasteiger partial charge is 0.306 e. The number of rotatable bonds is 54. The molecule has 6 heteroatoms. The van der Waals surface area contributed by atoms with E-state index in [9.17, 15) is 14.4 Å². The summed E-state index contributed by atoms with van der Waals surface area (Å²) >= 11 is 0. The molecule has 0 aliphatic heterocycles. The molecule has 0 saturated carbocycles. The van der Waals surface area contributed by atoms with E-state index in [-0.39, 0.29) is 31.1 Å². The molecule has 392 valence electrons. The van der Waals surface area contributed by atoms with Crippen molar-refractivity contribution < 1.29 is 28.6 Å². The van der Waals surface area contributed by atoms with Crippen LogP contribution in [0.4, 0.5) is 0 Å². The summed E-state index contributed by atoms with van der Waals surface area (Å²) < 4.78 is 16.9. The van der Waals surface area contributed by atoms with Crippen molar-refractivity contribution in [2.24, 2.45) is 11.8 Å². The van der Waals surface area contributed by atoms with E-state index < -0.39 is 6.10 Å². The Kier molecular flexibility index (Phi) is 51.5. The molecule has 0 rings (SSSR count). The average Bonchev–Trinajstić information content (AvgIpc) is 3.29. The molecular formula is C60H116O6. The minimum absolute atomic E-state index is 0.0623. The van der Waals surface area contributed by atoms with Crippen molar-refractivity contribution in [3.05, 3.63) is 0 Å². The monoisotopic (exact) mass is 933 g/mol. The van der Waals surface area contributed by atoms with Gasteiger partial charge < -0.3 is 14.2 Å². The van der Waals surface area contributed by atoms with Gasteiger partial charge in [-0.3, -0.25) is 14.4 Å². The van der Waals surface area contributed by atoms with Crippen molar-refractivity contribution >= 4 is 17.9 Å². The van der Waals surface area contributed by atoms with Crippen LogP contribution in [0.25, 0.3) is 0 Å². The number of unbranched alkanes of at least 4 members (excludes halogenated alkanes) is 39. The molecule has 0 unspecified atom stereocenters. The van der Waals surface area contributed by atoms with Gasteiger partial charge in [0.25, 0.3) is 0 Å². The van der Waals surface area contributed by atoms with Gasteiger partial charge in [-0.05, 0) is 31.1 Å². The second-order valence-corrected chi connectivity index (χ2v) is 21.6. The van der Waals surface area contributed by atoms with Crippen LogP contribution < -0.4 is 0 Å². The molecule has 6 nitrogen and oxygen atoms in total. The van der Waals surface area contributed by atoms with E-state index in [0.29, 0.717) is 19.3 Å². The molecule has 0 N–H and O–H groups in total. The highest BCUT2D eigenvalue weighted by molar-refractivity contribution is 5.71. The van der Waals surface area contributed by atoms with E-state index in [1.54, 1.807) is 0 Å². The van der Waals surface area contributed by atoms with Crippen LogP contribution in [-0.4, -0.2) is 37.2 Å². The van der Waals surface area contributed by atoms with Gasteiger partial charge in [-0.2, -0.15) is 0 Å². The Labute approximate surface area is 412 Å². The van der Waals surface area contributed by atoms with E-state index in [4.69, 9.17) is 14.2 Å². The van der Waals surface area contributed by atoms with Crippen molar-refractivity contribution in [2.75, 3.05) is 13.2 Å². The summed E-state index contributed by atoms with van der Waals surface area (Å²) in [6, 6.07) is 0. The van der Waals surface area contributed by atoms with Gasteiger partial charge in [0.05, 0.1) is 0 Å². The quantitative estimate of drug-likeness (QED) is 0.0343. The molecule has 0 aliphatic rings. The van der Waals surface area contributed by atoms with Crippen molar-refractivity contribution in [1.29, 1.82) is 0 Å². The van der Waals surface area contributed by atoms with Gasteiger partial charge in [0.1, 0.15) is 13.2 Å². The highest BCUT2D eigenvalue weighted by Crippen LogP contribution is 2.18. The number of carbonyl (C=O) groups is 3. The van der Waals surface area contributed by atoms with Gasteiger partial charge >= 0.3 is 17.9 Å². The average molecular weight is 934 g/mol. The molecule has 1 atom stereocenters. The lowest BCUT2D eigenvalue weighted by molar-refractivity contribution is -0.167. The molecule has 66 heavy (non-hydrogen) atoms. The molecule has 0 aromatic carbocycles. The molecule has 0 heterocycles. The first-order chi connectivity index (χ1) is 32.2. The van der Waals surface area contributed by atoms with E-state index in [1.807, 2.05) is 0 Å². The van der Waals surface area contributed by atoms with Gasteiger partial charge in [-0.15, -0.1) is 0 Å². The Bertz CT molecular complexity index is 1010. The lowest BCUT2D eigenvalue weighted by Gasteiger charge is -2.18. The summed E-state index contributed by atoms with van der Waals surface area (Å²) in [6.07, 6.45) is 56.6. The third-order valence-electron chi connectivity index (χ3n) is 13.7. The molecule has 0 radical (unpaired) electrons. The van der Waals surface area contributed by atoms with Crippen LogP contribution in [-0.2, 0) is 28.6 Å². The number of hydrogen-bond acceptors (Lipinski definition) is 6. The van der Waals surface area contributed by atoms with Crippen LogP contribution in [0.5, 0.6) is 0 Å². The first-order valence-electron chi connectivity index (χ1n) is 29.7. The molecule has 0 amide bonds. The van der Waals surface area contributed by atoms with Gasteiger partial charge in [0, 0.05) is 19.3 Å². The van der Waals surface area contributed by atoms with E-state index >= 15 is 0 Å². The van der Waals surface area contributed by atoms with Crippen LogP contribution in [0.3, 0.4) is 0 Å². The van der Waals surface area contributed by atoms with E-state index in [0.717, 1.165) is 69.6 Å². The van der Waals surface area contributed by atoms with E-state index in [1.165, 1.54) is 225 Å². The standard InChI is InChI=1S/C60H116O6/c1-6-7-8-9-10-11-12-13-14-20-25-30-35-40-45-50-58(61)64-53-57(66-60(63)52-47-42-37-32-27-22-17-19-24-29-34-39-44-49-56(4)5)54-65-59(62)51-46-41-36-31-26-21-16-15-18-23-28-33-38-43-48-55(2)3/h55-57H,6-54H2,1-5H3/t57-/m1/s1. The molecule has 0 bridgehead atoms. The summed E-state index contributed by atoms with van der Waals surface area (Å²) in [5, 5.41) is 0. The van der Waals surface area contributed by atoms with Crippen molar-refractivity contribution in [2.45, 2.75) is 343 Å². The Morgan fingerprint density at radius 2 is 0.500 bits per heavy atom. The summed E-state index contributed by atoms with van der Waals surface area (Å²) in [5.74, 6) is 0.847. The molecule has 0 aliphatic carbocycles. The Hall–Kier alpha value is -1.59. The SMILES string of the molecule is CCCCCCCCCCCCCCCCCC(=O)OC[C@H](COC(=O)CCCCCCCCCCCCCCCCC(C)C)OC(=O)CCCCCCCCCCCCCCCC(C)C. The van der Waals surface area contributed by atoms with Crippen LogP contribution in [0, 0.1) is 11.8 Å². The maximum absolute atomic E-state index is 12.9. The van der Waals surface area contributed by atoms with Crippen LogP contribution in [0.15, 0.2) is 0 Å². The Balaban J connectivity index is 4.30. The fourth-order valence-corrected chi connectivity index (χ4v) is 9.23. The van der Waals surface area contributed by atoms with Gasteiger partial charge in [0.2, 0.25) is 0 Å². The zero-order chi connectivity index (χ0) is 48.2. The third-order valence-corrected chi connectivity index (χ3v) is 13.7. The van der Waals surface area contributed by atoms with Crippen LogP contribution in [0.1, 0.15) is 336 Å². The maximum Gasteiger partial charge on any atom is 0.306 e. The minimum atomic E-state index is -0.763. The molecular weight excluding hydrogens is 817 g/mol. The van der Waals surface area contributed by atoms with E-state index in [2.05, 4.69) is 34.6 Å². The maximum atomic E-state index is 12.9. The summed E-state index contributed by atoms with van der Waals surface area (Å²) in [4.78, 5) is 38.2. The first kappa shape index (κ1) is 64.4. The number of carbonyl (C=O) groups excluding carboxylic acids is 3. The molecule has 0 saturated heterocycles. The van der Waals surface area contributed by atoms with Crippen LogP contribution >= 0.6 is 0 Å². The number of hydrogen-bond donors (Lipinski definition) is 0. The topological polar surface area (TPSA) is 78.9 Å². The van der Waals surface area contributed by atoms with Gasteiger partial charge in [-0.25, -0.2) is 0 Å². The fourth-order valence-electron chi connectivity index (χ4n) is 9.23. The second kappa shape index (κ2) is 52.8. The lowest BCUT2D eigenvalue weighted by Crippen LogP contribution is -2.30. The number of esters is 3. The zero-order valence-corrected chi connectivity index (χ0v) is 45.3. The summed E-state index contributed by atoms with van der Waals surface area (Å²) in [7, 11) is 0. The number of ether oxygens (including phenoxy) is 3. The second-order valence-electron chi connectivity index (χ2n) is 21.6. The highest BCUT2D eigenvalue weighted by Gasteiger charge is 2.19. The fraction of sp³-hybridized carbons (Fsp3) is 0.950. The van der Waals surface area contributed by atoms with Gasteiger partial charge in [-0.1, -0.05) is 298 Å². The highest BCUT2D eigenvalue weighted by atomic mass is 16.6. The van der Waals surface area contributed by atoms with Crippen molar-refractivity contribution in [1.82, 2.24) is 0 Å².